The number of nitrogens with one attached hydrogen (secondary N) is 2. The molecule has 1 saturated heterocycles. The van der Waals surface area contributed by atoms with Gasteiger partial charge in [-0.15, -0.1) is 10.2 Å². The summed E-state index contributed by atoms with van der Waals surface area (Å²) in [6, 6.07) is 5.61. The van der Waals surface area contributed by atoms with E-state index in [1.165, 1.54) is 24.2 Å². The molecule has 8 nitrogen and oxygen atoms in total. The molecule has 1 aliphatic carbocycles. The number of nitrogens with zero attached hydrogens (tertiary/aromatic N) is 4. The molecule has 3 heterocycles. The number of anilines is 1. The monoisotopic (exact) mass is 356 g/mol. The fourth-order valence-electron chi connectivity index (χ4n) is 2.84. The van der Waals surface area contributed by atoms with Gasteiger partial charge in [0.25, 0.3) is 0 Å². The molecule has 0 radical (unpaired) electrons. The van der Waals surface area contributed by atoms with Crippen LogP contribution in [-0.4, -0.2) is 50.3 Å². The average molecular weight is 356 g/mol. The summed E-state index contributed by atoms with van der Waals surface area (Å²) in [4.78, 5) is 21.3. The van der Waals surface area contributed by atoms with Crippen molar-refractivity contribution in [3.63, 3.8) is 0 Å². The topological polar surface area (TPSA) is 96.0 Å². The number of H-pyrrole nitrogens is 1. The number of imidazole rings is 1. The second kappa shape index (κ2) is 5.69. The third kappa shape index (κ3) is 2.80. The van der Waals surface area contributed by atoms with Crippen molar-refractivity contribution in [1.82, 2.24) is 25.1 Å². The Kier molecular flexibility index (Phi) is 3.34. The highest BCUT2D eigenvalue weighted by Gasteiger charge is 2.34. The number of carbonyl (C=O) groups is 1. The third-order valence-electron chi connectivity index (χ3n) is 4.42. The molecule has 25 heavy (non-hydrogen) atoms. The van der Waals surface area contributed by atoms with Crippen LogP contribution in [0.2, 0.25) is 0 Å². The summed E-state index contributed by atoms with van der Waals surface area (Å²) in [6.07, 6.45) is 3.98. The highest BCUT2D eigenvalue weighted by Crippen LogP contribution is 2.42. The van der Waals surface area contributed by atoms with Crippen molar-refractivity contribution in [3.8, 4) is 5.75 Å². The van der Waals surface area contributed by atoms with Crippen LogP contribution < -0.4 is 10.1 Å². The summed E-state index contributed by atoms with van der Waals surface area (Å²) in [6.45, 7) is 1.09. The van der Waals surface area contributed by atoms with Crippen molar-refractivity contribution in [1.29, 1.82) is 0 Å². The number of ether oxygens (including phenoxy) is 1. The van der Waals surface area contributed by atoms with Gasteiger partial charge in [0.1, 0.15) is 22.4 Å². The number of hydrogen-bond acceptors (Lipinski definition) is 6. The summed E-state index contributed by atoms with van der Waals surface area (Å²) >= 11 is 1.47. The van der Waals surface area contributed by atoms with E-state index in [2.05, 4.69) is 25.5 Å². The zero-order valence-corrected chi connectivity index (χ0v) is 14.1. The van der Waals surface area contributed by atoms with Gasteiger partial charge in [0.05, 0.1) is 24.9 Å². The van der Waals surface area contributed by atoms with Crippen LogP contribution in [0.3, 0.4) is 0 Å². The number of rotatable bonds is 4. The molecule has 1 aromatic carbocycles. The number of hydrogen-bond donors (Lipinski definition) is 2. The van der Waals surface area contributed by atoms with Crippen LogP contribution in [0.5, 0.6) is 5.75 Å². The van der Waals surface area contributed by atoms with Crippen LogP contribution in [0.25, 0.3) is 11.0 Å². The van der Waals surface area contributed by atoms with E-state index in [4.69, 9.17) is 4.74 Å². The first-order chi connectivity index (χ1) is 12.3. The summed E-state index contributed by atoms with van der Waals surface area (Å²) in [5, 5.41) is 12.6. The third-order valence-corrected chi connectivity index (χ3v) is 5.42. The maximum absolute atomic E-state index is 12.2. The van der Waals surface area contributed by atoms with Crippen LogP contribution in [0, 0.1) is 0 Å². The Bertz CT molecular complexity index is 928. The van der Waals surface area contributed by atoms with Crippen molar-refractivity contribution in [2.75, 3.05) is 18.4 Å². The van der Waals surface area contributed by atoms with Crippen molar-refractivity contribution < 1.29 is 9.53 Å². The Hall–Kier alpha value is -2.68. The Morgan fingerprint density at radius 1 is 1.32 bits per heavy atom. The van der Waals surface area contributed by atoms with Gasteiger partial charge in [-0.2, -0.15) is 0 Å². The summed E-state index contributed by atoms with van der Waals surface area (Å²) in [5.41, 5.74) is 1.75. The maximum Gasteiger partial charge on any atom is 0.323 e. The predicted octanol–water partition coefficient (Wildman–Crippen LogP) is 2.59. The van der Waals surface area contributed by atoms with Gasteiger partial charge in [0.15, 0.2) is 0 Å². The maximum atomic E-state index is 12.2. The number of fused-ring (bicyclic) bond motifs is 1. The molecule has 0 unspecified atom stereocenters. The van der Waals surface area contributed by atoms with E-state index in [1.807, 2.05) is 18.2 Å². The zero-order chi connectivity index (χ0) is 16.8. The Morgan fingerprint density at radius 2 is 2.20 bits per heavy atom. The normalized spacial score (nSPS) is 17.5. The SMILES string of the molecule is O=C(Nc1nnc(C2CC2)s1)N1CC(Oc2cccc3[nH]cnc23)C1. The molecule has 1 aliphatic heterocycles. The molecule has 3 aromatic rings. The second-order valence-corrected chi connectivity index (χ2v) is 7.36. The number of aromatic amines is 1. The largest absolute Gasteiger partial charge is 0.484 e. The number of likely N-dealkylation sites (tertiary alicyclic amines) is 1. The minimum atomic E-state index is -0.156. The molecule has 0 atom stereocenters. The smallest absolute Gasteiger partial charge is 0.323 e. The van der Waals surface area contributed by atoms with Crippen LogP contribution >= 0.6 is 11.3 Å². The first-order valence-electron chi connectivity index (χ1n) is 8.24. The Morgan fingerprint density at radius 3 is 3.04 bits per heavy atom. The first-order valence-corrected chi connectivity index (χ1v) is 9.06. The van der Waals surface area contributed by atoms with Gasteiger partial charge >= 0.3 is 6.03 Å². The average Bonchev–Trinajstić information content (AvgIpc) is 3.12. The second-order valence-electron chi connectivity index (χ2n) is 6.35. The van der Waals surface area contributed by atoms with E-state index in [9.17, 15) is 4.79 Å². The summed E-state index contributed by atoms with van der Waals surface area (Å²) in [5.74, 6) is 1.29. The zero-order valence-electron chi connectivity index (χ0n) is 13.3. The lowest BCUT2D eigenvalue weighted by atomic mass is 10.2. The first kappa shape index (κ1) is 14.6. The van der Waals surface area contributed by atoms with Crippen molar-refractivity contribution in [2.24, 2.45) is 0 Å². The van der Waals surface area contributed by atoms with Gasteiger partial charge in [-0.05, 0) is 25.0 Å². The molecule has 2 N–H and O–H groups in total. The molecule has 9 heteroatoms. The van der Waals surface area contributed by atoms with E-state index in [0.717, 1.165) is 21.8 Å². The van der Waals surface area contributed by atoms with Gasteiger partial charge in [-0.3, -0.25) is 5.32 Å². The molecular formula is C16H16N6O2S. The molecule has 2 fully saturated rings. The van der Waals surface area contributed by atoms with Crippen molar-refractivity contribution in [3.05, 3.63) is 29.5 Å². The standard InChI is InChI=1S/C16H16N6O2S/c23-16(19-15-21-20-14(25-15)9-4-5-9)22-6-10(7-22)24-12-3-1-2-11-13(12)18-8-17-11/h1-3,8-10H,4-7H2,(H,17,18)(H,19,21,23). The van der Waals surface area contributed by atoms with Gasteiger partial charge in [0.2, 0.25) is 5.13 Å². The van der Waals surface area contributed by atoms with Crippen LogP contribution in [0.15, 0.2) is 24.5 Å². The molecule has 0 bridgehead atoms. The highest BCUT2D eigenvalue weighted by atomic mass is 32.1. The quantitative estimate of drug-likeness (QED) is 0.749. The minimum absolute atomic E-state index is 0.0236. The molecule has 2 aliphatic rings. The number of aromatic nitrogens is 4. The molecule has 0 spiro atoms. The molecule has 128 valence electrons. The molecule has 2 amide bonds. The van der Waals surface area contributed by atoms with E-state index >= 15 is 0 Å². The van der Waals surface area contributed by atoms with Crippen LogP contribution in [-0.2, 0) is 0 Å². The Labute approximate surface area is 147 Å². The van der Waals surface area contributed by atoms with Crippen molar-refractivity contribution >= 4 is 33.5 Å². The fraction of sp³-hybridized carbons (Fsp3) is 0.375. The van der Waals surface area contributed by atoms with Crippen LogP contribution in [0.1, 0.15) is 23.8 Å². The molecule has 5 rings (SSSR count). The van der Waals surface area contributed by atoms with Gasteiger partial charge in [0, 0.05) is 5.92 Å². The lowest BCUT2D eigenvalue weighted by molar-refractivity contribution is 0.0502. The molecule has 1 saturated carbocycles. The van der Waals surface area contributed by atoms with E-state index < -0.39 is 0 Å². The summed E-state index contributed by atoms with van der Waals surface area (Å²) in [7, 11) is 0. The predicted molar refractivity (Wildman–Crippen MR) is 93.0 cm³/mol. The van der Waals surface area contributed by atoms with E-state index in [1.54, 1.807) is 11.2 Å². The number of benzene rings is 1. The van der Waals surface area contributed by atoms with Gasteiger partial charge in [-0.25, -0.2) is 9.78 Å². The molecule has 2 aromatic heterocycles. The lowest BCUT2D eigenvalue weighted by Gasteiger charge is -2.38. The van der Waals surface area contributed by atoms with Gasteiger partial charge < -0.3 is 14.6 Å². The minimum Gasteiger partial charge on any atom is -0.484 e. The molecular weight excluding hydrogens is 340 g/mol. The lowest BCUT2D eigenvalue weighted by Crippen LogP contribution is -2.57. The van der Waals surface area contributed by atoms with Gasteiger partial charge in [-0.1, -0.05) is 17.4 Å². The Balaban J connectivity index is 1.17. The van der Waals surface area contributed by atoms with E-state index in [-0.39, 0.29) is 12.1 Å². The number of para-hydroxylation sites is 1. The number of amides is 2. The number of carbonyl (C=O) groups excluding carboxylic acids is 1. The highest BCUT2D eigenvalue weighted by molar-refractivity contribution is 7.15. The summed E-state index contributed by atoms with van der Waals surface area (Å²) < 4.78 is 5.97. The fourth-order valence-corrected chi connectivity index (χ4v) is 3.74. The van der Waals surface area contributed by atoms with Crippen LogP contribution in [0.4, 0.5) is 9.93 Å². The number of urea groups is 1. The van der Waals surface area contributed by atoms with Crippen molar-refractivity contribution in [2.45, 2.75) is 24.9 Å². The van der Waals surface area contributed by atoms with E-state index in [0.29, 0.717) is 24.1 Å².